The summed E-state index contributed by atoms with van der Waals surface area (Å²) in [5, 5.41) is 2.94. The van der Waals surface area contributed by atoms with Crippen molar-refractivity contribution in [2.24, 2.45) is 10.7 Å². The van der Waals surface area contributed by atoms with E-state index in [0.29, 0.717) is 49.6 Å². The molecule has 8 heteroatoms. The lowest BCUT2D eigenvalue weighted by Crippen LogP contribution is -2.36. The van der Waals surface area contributed by atoms with E-state index in [1.165, 1.54) is 0 Å². The van der Waals surface area contributed by atoms with Crippen molar-refractivity contribution < 1.29 is 14.3 Å². The van der Waals surface area contributed by atoms with Crippen LogP contribution < -0.4 is 15.8 Å². The van der Waals surface area contributed by atoms with Crippen LogP contribution >= 0.6 is 12.6 Å². The molecule has 1 aliphatic rings. The van der Waals surface area contributed by atoms with Gasteiger partial charge in [-0.15, -0.1) is 12.6 Å². The minimum Gasteiger partial charge on any atom is -0.494 e. The third-order valence-corrected chi connectivity index (χ3v) is 6.83. The van der Waals surface area contributed by atoms with Gasteiger partial charge in [-0.2, -0.15) is 0 Å². The number of hydrogen-bond acceptors (Lipinski definition) is 6. The Hall–Kier alpha value is -4.04. The lowest BCUT2D eigenvalue weighted by Gasteiger charge is -2.23. The first-order chi connectivity index (χ1) is 19.4. The minimum absolute atomic E-state index is 0.0578. The third kappa shape index (κ3) is 7.54. The molecule has 2 amide bonds. The topological polar surface area (TPSA) is 97.0 Å². The summed E-state index contributed by atoms with van der Waals surface area (Å²) in [5.74, 6) is 0.927. The molecular weight excluding hydrogens is 520 g/mol. The summed E-state index contributed by atoms with van der Waals surface area (Å²) in [6.07, 6.45) is 3.64. The Morgan fingerprint density at radius 3 is 2.52 bits per heavy atom. The summed E-state index contributed by atoms with van der Waals surface area (Å²) >= 11 is 4.45. The number of amides is 2. The Kier molecular flexibility index (Phi) is 10.0. The fraction of sp³-hybridized carbons (Fsp3) is 0.281. The fourth-order valence-corrected chi connectivity index (χ4v) is 4.85. The summed E-state index contributed by atoms with van der Waals surface area (Å²) in [4.78, 5) is 33.5. The second-order valence-corrected chi connectivity index (χ2v) is 10.1. The Balaban J connectivity index is 1.41. The summed E-state index contributed by atoms with van der Waals surface area (Å²) in [6.45, 7) is 6.14. The first-order valence-electron chi connectivity index (χ1n) is 13.6. The molecule has 0 unspecified atom stereocenters. The van der Waals surface area contributed by atoms with Gasteiger partial charge in [-0.1, -0.05) is 31.2 Å². The number of nitrogens with two attached hydrogens (primary N) is 1. The maximum Gasteiger partial charge on any atom is 0.251 e. The van der Waals surface area contributed by atoms with Gasteiger partial charge in [-0.3, -0.25) is 9.59 Å². The van der Waals surface area contributed by atoms with Gasteiger partial charge >= 0.3 is 0 Å². The van der Waals surface area contributed by atoms with E-state index in [2.05, 4.69) is 22.9 Å². The lowest BCUT2D eigenvalue weighted by molar-refractivity contribution is -0.127. The zero-order valence-corrected chi connectivity index (χ0v) is 23.9. The van der Waals surface area contributed by atoms with Gasteiger partial charge < -0.3 is 20.7 Å². The SMILES string of the molecule is CCCN(CCCNC(=O)c1ccc(OCC)cc1)C(=O)C1=Cc2ccc(-c3cccc(S)c3)cc2N=C(N)C1. The normalized spacial score (nSPS) is 12.5. The van der Waals surface area contributed by atoms with Gasteiger partial charge in [0.15, 0.2) is 0 Å². The molecule has 208 valence electrons. The first-order valence-corrected chi connectivity index (χ1v) is 14.1. The molecule has 3 aromatic carbocycles. The van der Waals surface area contributed by atoms with E-state index >= 15 is 0 Å². The van der Waals surface area contributed by atoms with Gasteiger partial charge in [0.05, 0.1) is 12.3 Å². The van der Waals surface area contributed by atoms with Crippen molar-refractivity contribution in [3.8, 4) is 16.9 Å². The zero-order valence-electron chi connectivity index (χ0n) is 23.0. The third-order valence-electron chi connectivity index (χ3n) is 6.55. The summed E-state index contributed by atoms with van der Waals surface area (Å²) in [6, 6.07) is 21.0. The van der Waals surface area contributed by atoms with Gasteiger partial charge in [0, 0.05) is 47.7 Å². The monoisotopic (exact) mass is 556 g/mol. The van der Waals surface area contributed by atoms with E-state index in [0.717, 1.165) is 39.4 Å². The highest BCUT2D eigenvalue weighted by atomic mass is 32.1. The standard InChI is InChI=1S/C32H36N4O3S/c1-3-16-36(17-6-15-34-31(37)22-11-13-27(14-12-22)39-4-2)32(38)26-18-25-10-9-24(20-29(25)35-30(33)21-26)23-7-5-8-28(40)19-23/h5,7-14,18-20,40H,3-4,6,15-17,21H2,1-2H3,(H2,33,35)(H,34,37). The zero-order chi connectivity index (χ0) is 28.5. The van der Waals surface area contributed by atoms with Crippen molar-refractivity contribution in [3.05, 3.63) is 83.4 Å². The number of carbonyl (C=O) groups is 2. The molecule has 0 saturated carbocycles. The molecule has 0 radical (unpaired) electrons. The summed E-state index contributed by atoms with van der Waals surface area (Å²) in [5.41, 5.74) is 11.1. The second-order valence-electron chi connectivity index (χ2n) is 9.63. The molecule has 7 nitrogen and oxygen atoms in total. The highest BCUT2D eigenvalue weighted by Gasteiger charge is 2.21. The number of aliphatic imine (C=N–C) groups is 1. The molecule has 4 rings (SSSR count). The molecule has 0 atom stereocenters. The minimum atomic E-state index is -0.149. The molecule has 40 heavy (non-hydrogen) atoms. The summed E-state index contributed by atoms with van der Waals surface area (Å²) in [7, 11) is 0. The second kappa shape index (κ2) is 13.8. The number of amidine groups is 1. The van der Waals surface area contributed by atoms with E-state index in [1.807, 2.05) is 67.3 Å². The van der Waals surface area contributed by atoms with Crippen LogP contribution in [0.25, 0.3) is 17.2 Å². The van der Waals surface area contributed by atoms with Gasteiger partial charge in [-0.25, -0.2) is 4.99 Å². The van der Waals surface area contributed by atoms with Gasteiger partial charge in [0.2, 0.25) is 5.91 Å². The van der Waals surface area contributed by atoms with Crippen LogP contribution in [0.5, 0.6) is 5.75 Å². The number of hydrogen-bond donors (Lipinski definition) is 3. The van der Waals surface area contributed by atoms with Crippen LogP contribution in [0.2, 0.25) is 0 Å². The fourth-order valence-electron chi connectivity index (χ4n) is 4.62. The number of ether oxygens (including phenoxy) is 1. The average Bonchev–Trinajstić information content (AvgIpc) is 3.12. The molecule has 0 spiro atoms. The van der Waals surface area contributed by atoms with Crippen molar-refractivity contribution >= 4 is 42.0 Å². The Morgan fingerprint density at radius 1 is 1.02 bits per heavy atom. The molecule has 0 bridgehead atoms. The molecule has 1 aliphatic heterocycles. The van der Waals surface area contributed by atoms with Gasteiger partial charge in [0.1, 0.15) is 11.6 Å². The highest BCUT2D eigenvalue weighted by molar-refractivity contribution is 7.80. The van der Waals surface area contributed by atoms with Gasteiger partial charge in [0.25, 0.3) is 5.91 Å². The highest BCUT2D eigenvalue weighted by Crippen LogP contribution is 2.32. The number of carbonyl (C=O) groups excluding carboxylic acids is 2. The van der Waals surface area contributed by atoms with Crippen LogP contribution in [-0.2, 0) is 4.79 Å². The van der Waals surface area contributed by atoms with E-state index in [9.17, 15) is 9.59 Å². The Morgan fingerprint density at radius 2 is 1.80 bits per heavy atom. The van der Waals surface area contributed by atoms with Crippen LogP contribution in [-0.4, -0.2) is 48.8 Å². The molecule has 1 heterocycles. The van der Waals surface area contributed by atoms with Crippen LogP contribution in [0, 0.1) is 0 Å². The summed E-state index contributed by atoms with van der Waals surface area (Å²) < 4.78 is 5.43. The van der Waals surface area contributed by atoms with Crippen molar-refractivity contribution in [1.29, 1.82) is 0 Å². The molecule has 3 N–H and O–H groups in total. The average molecular weight is 557 g/mol. The molecule has 0 fully saturated rings. The molecular formula is C32H36N4O3S. The number of nitrogens with one attached hydrogen (secondary N) is 1. The predicted molar refractivity (Wildman–Crippen MR) is 164 cm³/mol. The first kappa shape index (κ1) is 29.0. The Labute approximate surface area is 241 Å². The molecule has 0 aliphatic carbocycles. The smallest absolute Gasteiger partial charge is 0.251 e. The number of rotatable bonds is 11. The molecule has 0 saturated heterocycles. The number of nitrogens with zero attached hydrogens (tertiary/aromatic N) is 2. The van der Waals surface area contributed by atoms with Crippen molar-refractivity contribution in [1.82, 2.24) is 10.2 Å². The molecule has 0 aromatic heterocycles. The lowest BCUT2D eigenvalue weighted by atomic mass is 10.0. The van der Waals surface area contributed by atoms with E-state index < -0.39 is 0 Å². The van der Waals surface area contributed by atoms with E-state index in [4.69, 9.17) is 10.5 Å². The largest absolute Gasteiger partial charge is 0.494 e. The van der Waals surface area contributed by atoms with Crippen LogP contribution in [0.1, 0.15) is 49.0 Å². The number of thiol groups is 1. The Bertz CT molecular complexity index is 1420. The van der Waals surface area contributed by atoms with Gasteiger partial charge in [-0.05, 0) is 79.4 Å². The number of fused-ring (bicyclic) bond motifs is 1. The predicted octanol–water partition coefficient (Wildman–Crippen LogP) is 5.88. The number of benzene rings is 3. The van der Waals surface area contributed by atoms with E-state index in [1.54, 1.807) is 24.3 Å². The van der Waals surface area contributed by atoms with Crippen molar-refractivity contribution in [2.75, 3.05) is 26.2 Å². The van der Waals surface area contributed by atoms with Crippen molar-refractivity contribution in [2.45, 2.75) is 38.0 Å². The van der Waals surface area contributed by atoms with Crippen LogP contribution in [0.3, 0.4) is 0 Å². The van der Waals surface area contributed by atoms with Crippen LogP contribution in [0.4, 0.5) is 5.69 Å². The van der Waals surface area contributed by atoms with Crippen molar-refractivity contribution in [3.63, 3.8) is 0 Å². The van der Waals surface area contributed by atoms with E-state index in [-0.39, 0.29) is 18.2 Å². The molecule has 3 aromatic rings. The quantitative estimate of drug-likeness (QED) is 0.203. The van der Waals surface area contributed by atoms with Crippen LogP contribution in [0.15, 0.2) is 82.2 Å². The maximum absolute atomic E-state index is 13.6. The maximum atomic E-state index is 13.6.